The second-order valence-electron chi connectivity index (χ2n) is 6.14. The molecule has 1 aliphatic rings. The van der Waals surface area contributed by atoms with Gasteiger partial charge in [0.05, 0.1) is 23.2 Å². The van der Waals surface area contributed by atoms with Gasteiger partial charge in [0.1, 0.15) is 5.84 Å². The van der Waals surface area contributed by atoms with Crippen molar-refractivity contribution >= 4 is 28.7 Å². The van der Waals surface area contributed by atoms with Crippen molar-refractivity contribution in [1.29, 1.82) is 0 Å². The van der Waals surface area contributed by atoms with Gasteiger partial charge in [-0.25, -0.2) is 0 Å². The quantitative estimate of drug-likeness (QED) is 0.742. The van der Waals surface area contributed by atoms with Crippen LogP contribution in [-0.2, 0) is 4.74 Å². The number of nitrogens with one attached hydrogen (secondary N) is 1. The molecule has 5 nitrogen and oxygen atoms in total. The molecule has 0 spiro atoms. The summed E-state index contributed by atoms with van der Waals surface area (Å²) >= 11 is 5.50. The molecule has 0 saturated heterocycles. The van der Waals surface area contributed by atoms with Crippen LogP contribution < -0.4 is 16.1 Å². The summed E-state index contributed by atoms with van der Waals surface area (Å²) in [6.45, 7) is 7.76. The van der Waals surface area contributed by atoms with Gasteiger partial charge in [-0.15, -0.1) is 0 Å². The number of benzene rings is 1. The average molecular weight is 346 g/mol. The van der Waals surface area contributed by atoms with Crippen LogP contribution in [0, 0.1) is 11.8 Å². The zero-order valence-corrected chi connectivity index (χ0v) is 15.3. The van der Waals surface area contributed by atoms with Crippen molar-refractivity contribution in [3.63, 3.8) is 0 Å². The van der Waals surface area contributed by atoms with E-state index in [0.29, 0.717) is 29.2 Å². The summed E-state index contributed by atoms with van der Waals surface area (Å²) in [7, 11) is 0. The van der Waals surface area contributed by atoms with Crippen LogP contribution >= 0.6 is 12.2 Å². The van der Waals surface area contributed by atoms with Gasteiger partial charge in [0.25, 0.3) is 0 Å². The standard InChI is InChI=1S/C18H26N4OS/c1-4-10-23-16-11-15(18(24)20-12-13(2)3)17(19)21-22(16)14-8-6-5-7-9-14/h5-9,11,13,15H,4,10,12H2,1-3H3,(H2,19,21)(H,20,24). The Labute approximate surface area is 149 Å². The monoisotopic (exact) mass is 346 g/mol. The predicted octanol–water partition coefficient (Wildman–Crippen LogP) is 3.24. The Balaban J connectivity index is 2.23. The highest BCUT2D eigenvalue weighted by Gasteiger charge is 2.27. The van der Waals surface area contributed by atoms with Crippen LogP contribution in [0.25, 0.3) is 0 Å². The highest BCUT2D eigenvalue weighted by atomic mass is 32.1. The fourth-order valence-corrected chi connectivity index (χ4v) is 2.49. The highest BCUT2D eigenvalue weighted by molar-refractivity contribution is 7.80. The smallest absolute Gasteiger partial charge is 0.212 e. The average Bonchev–Trinajstić information content (AvgIpc) is 2.59. The van der Waals surface area contributed by atoms with E-state index in [2.05, 4.69) is 31.2 Å². The van der Waals surface area contributed by atoms with E-state index in [9.17, 15) is 0 Å². The lowest BCUT2D eigenvalue weighted by Gasteiger charge is -2.29. The molecule has 1 aromatic rings. The maximum Gasteiger partial charge on any atom is 0.212 e. The number of rotatable bonds is 7. The molecule has 0 amide bonds. The molecule has 6 heteroatoms. The van der Waals surface area contributed by atoms with Crippen molar-refractivity contribution in [3.8, 4) is 0 Å². The molecule has 2 rings (SSSR count). The minimum atomic E-state index is -0.245. The van der Waals surface area contributed by atoms with Gasteiger partial charge in [-0.3, -0.25) is 0 Å². The molecule has 1 unspecified atom stereocenters. The van der Waals surface area contributed by atoms with Crippen LogP contribution in [0.15, 0.2) is 47.4 Å². The van der Waals surface area contributed by atoms with Crippen LogP contribution in [0.5, 0.6) is 0 Å². The van der Waals surface area contributed by atoms with Crippen molar-refractivity contribution in [2.24, 2.45) is 22.7 Å². The molecule has 1 atom stereocenters. The zero-order valence-electron chi connectivity index (χ0n) is 14.5. The summed E-state index contributed by atoms with van der Waals surface area (Å²) in [6.07, 6.45) is 2.86. The van der Waals surface area contributed by atoms with Gasteiger partial charge >= 0.3 is 0 Å². The predicted molar refractivity (Wildman–Crippen MR) is 104 cm³/mol. The van der Waals surface area contributed by atoms with Crippen molar-refractivity contribution in [2.45, 2.75) is 27.2 Å². The first-order valence-corrected chi connectivity index (χ1v) is 8.75. The molecule has 0 bridgehead atoms. The molecule has 0 aromatic heterocycles. The maximum absolute atomic E-state index is 6.19. The number of nitrogens with two attached hydrogens (primary N) is 1. The molecular weight excluding hydrogens is 320 g/mol. The van der Waals surface area contributed by atoms with E-state index in [1.165, 1.54) is 0 Å². The van der Waals surface area contributed by atoms with Gasteiger partial charge < -0.3 is 15.8 Å². The van der Waals surface area contributed by atoms with E-state index in [1.807, 2.05) is 36.4 Å². The lowest BCUT2D eigenvalue weighted by molar-refractivity contribution is 0.202. The lowest BCUT2D eigenvalue weighted by atomic mass is 10.1. The number of hydrogen-bond acceptors (Lipinski definition) is 5. The van der Waals surface area contributed by atoms with Gasteiger partial charge in [-0.05, 0) is 30.5 Å². The number of hydrazone groups is 1. The largest absolute Gasteiger partial charge is 0.478 e. The Hall–Kier alpha value is -2.08. The number of anilines is 1. The highest BCUT2D eigenvalue weighted by Crippen LogP contribution is 2.25. The Morgan fingerprint density at radius 3 is 2.71 bits per heavy atom. The Bertz CT molecular complexity index is 613. The van der Waals surface area contributed by atoms with Crippen molar-refractivity contribution in [1.82, 2.24) is 5.32 Å². The fraction of sp³-hybridized carbons (Fsp3) is 0.444. The SMILES string of the molecule is CCCOC1=CC(C(=S)NCC(C)C)C(N)=NN1c1ccccc1. The van der Waals surface area contributed by atoms with E-state index in [-0.39, 0.29) is 5.92 Å². The second-order valence-corrected chi connectivity index (χ2v) is 6.58. The van der Waals surface area contributed by atoms with Gasteiger partial charge in [0.2, 0.25) is 5.88 Å². The number of hydrogen-bond donors (Lipinski definition) is 2. The minimum absolute atomic E-state index is 0.245. The van der Waals surface area contributed by atoms with Crippen LogP contribution in [-0.4, -0.2) is 24.0 Å². The molecule has 0 aliphatic carbocycles. The van der Waals surface area contributed by atoms with E-state index in [1.54, 1.807) is 5.01 Å². The first-order chi connectivity index (χ1) is 11.5. The van der Waals surface area contributed by atoms with Crippen LogP contribution in [0.2, 0.25) is 0 Å². The third-order valence-corrected chi connectivity index (χ3v) is 3.87. The lowest BCUT2D eigenvalue weighted by Crippen LogP contribution is -2.42. The molecular formula is C18H26N4OS. The van der Waals surface area contributed by atoms with E-state index < -0.39 is 0 Å². The Morgan fingerprint density at radius 1 is 1.38 bits per heavy atom. The third-order valence-electron chi connectivity index (χ3n) is 3.47. The number of ether oxygens (including phenoxy) is 1. The first kappa shape index (κ1) is 18.3. The number of para-hydroxylation sites is 1. The molecule has 0 saturated carbocycles. The van der Waals surface area contributed by atoms with E-state index in [0.717, 1.165) is 18.7 Å². The molecule has 24 heavy (non-hydrogen) atoms. The van der Waals surface area contributed by atoms with Gasteiger partial charge in [0.15, 0.2) is 0 Å². The topological polar surface area (TPSA) is 62.9 Å². The summed E-state index contributed by atoms with van der Waals surface area (Å²) in [4.78, 5) is 0.676. The number of nitrogens with zero attached hydrogens (tertiary/aromatic N) is 2. The summed E-state index contributed by atoms with van der Waals surface area (Å²) in [5, 5.41) is 9.52. The summed E-state index contributed by atoms with van der Waals surface area (Å²) in [5.41, 5.74) is 7.09. The molecule has 130 valence electrons. The van der Waals surface area contributed by atoms with Crippen molar-refractivity contribution in [3.05, 3.63) is 42.3 Å². The van der Waals surface area contributed by atoms with Crippen molar-refractivity contribution < 1.29 is 4.74 Å². The molecule has 1 aliphatic heterocycles. The zero-order chi connectivity index (χ0) is 17.5. The molecule has 1 heterocycles. The van der Waals surface area contributed by atoms with E-state index in [4.69, 9.17) is 22.7 Å². The molecule has 0 fully saturated rings. The summed E-state index contributed by atoms with van der Waals surface area (Å²) in [6, 6.07) is 9.81. The van der Waals surface area contributed by atoms with Crippen LogP contribution in [0.4, 0.5) is 5.69 Å². The van der Waals surface area contributed by atoms with Crippen LogP contribution in [0.1, 0.15) is 27.2 Å². The van der Waals surface area contributed by atoms with Crippen molar-refractivity contribution in [2.75, 3.05) is 18.2 Å². The Kier molecular flexibility index (Phi) is 6.61. The molecule has 1 aromatic carbocycles. The number of amidine groups is 1. The maximum atomic E-state index is 6.19. The van der Waals surface area contributed by atoms with Gasteiger partial charge in [0, 0.05) is 6.54 Å². The third kappa shape index (κ3) is 4.71. The minimum Gasteiger partial charge on any atom is -0.478 e. The summed E-state index contributed by atoms with van der Waals surface area (Å²) in [5.74, 6) is 1.38. The fourth-order valence-electron chi connectivity index (χ4n) is 2.22. The second kappa shape index (κ2) is 8.68. The molecule has 0 radical (unpaired) electrons. The first-order valence-electron chi connectivity index (χ1n) is 8.34. The van der Waals surface area contributed by atoms with E-state index >= 15 is 0 Å². The van der Waals surface area contributed by atoms with Gasteiger partial charge in [-0.1, -0.05) is 51.2 Å². The summed E-state index contributed by atoms with van der Waals surface area (Å²) < 4.78 is 5.89. The molecule has 3 N–H and O–H groups in total. The normalized spacial score (nSPS) is 17.3. The van der Waals surface area contributed by atoms with Gasteiger partial charge in [-0.2, -0.15) is 10.1 Å². The Morgan fingerprint density at radius 2 is 2.08 bits per heavy atom. The number of thiocarbonyl (C=S) groups is 1. The van der Waals surface area contributed by atoms with Crippen LogP contribution in [0.3, 0.4) is 0 Å².